The van der Waals surface area contributed by atoms with E-state index in [0.717, 1.165) is 24.1 Å². The third-order valence-electron chi connectivity index (χ3n) is 6.45. The standard InChI is InChI=1S/C28H29N5O3S2/c1-21(22-11-4-2-5-12-22)29-26(34)20-37-28-31-30-27(33(28)24-14-6-3-7-15-24)23-13-10-16-25(19-23)38(35,36)32-17-8-9-18-32/h2-7,10-16,19,21H,8-9,17-18,20H2,1H3,(H,29,34). The van der Waals surface area contributed by atoms with Gasteiger partial charge in [0.25, 0.3) is 0 Å². The molecule has 1 N–H and O–H groups in total. The van der Waals surface area contributed by atoms with Crippen molar-refractivity contribution in [2.75, 3.05) is 18.8 Å². The van der Waals surface area contributed by atoms with Crippen molar-refractivity contribution in [2.24, 2.45) is 0 Å². The third-order valence-corrected chi connectivity index (χ3v) is 9.28. The van der Waals surface area contributed by atoms with Gasteiger partial charge in [0.1, 0.15) is 0 Å². The fourth-order valence-electron chi connectivity index (χ4n) is 4.47. The zero-order valence-corrected chi connectivity index (χ0v) is 22.7. The summed E-state index contributed by atoms with van der Waals surface area (Å²) in [4.78, 5) is 13.0. The first kappa shape index (κ1) is 26.1. The van der Waals surface area contributed by atoms with E-state index in [-0.39, 0.29) is 22.6 Å². The molecule has 0 spiro atoms. The first-order chi connectivity index (χ1) is 18.4. The molecule has 1 aromatic heterocycles. The molecule has 0 radical (unpaired) electrons. The fourth-order valence-corrected chi connectivity index (χ4v) is 6.80. The molecule has 1 atom stereocenters. The summed E-state index contributed by atoms with van der Waals surface area (Å²) in [5.41, 5.74) is 2.49. The van der Waals surface area contributed by atoms with Crippen LogP contribution in [0.3, 0.4) is 0 Å². The first-order valence-electron chi connectivity index (χ1n) is 12.5. The van der Waals surface area contributed by atoms with Gasteiger partial charge in [0.15, 0.2) is 11.0 Å². The van der Waals surface area contributed by atoms with E-state index in [1.54, 1.807) is 18.2 Å². The van der Waals surface area contributed by atoms with Crippen LogP contribution in [-0.2, 0) is 14.8 Å². The van der Waals surface area contributed by atoms with Gasteiger partial charge in [0.2, 0.25) is 15.9 Å². The Bertz CT molecular complexity index is 1500. The van der Waals surface area contributed by atoms with Crippen LogP contribution in [0.15, 0.2) is 95.0 Å². The van der Waals surface area contributed by atoms with Crippen LogP contribution in [0.4, 0.5) is 0 Å². The van der Waals surface area contributed by atoms with Crippen molar-refractivity contribution in [3.05, 3.63) is 90.5 Å². The molecule has 8 nitrogen and oxygen atoms in total. The molecule has 0 bridgehead atoms. The van der Waals surface area contributed by atoms with E-state index < -0.39 is 10.0 Å². The van der Waals surface area contributed by atoms with Crippen molar-refractivity contribution < 1.29 is 13.2 Å². The van der Waals surface area contributed by atoms with Crippen molar-refractivity contribution in [1.29, 1.82) is 0 Å². The zero-order chi connectivity index (χ0) is 26.5. The number of nitrogens with zero attached hydrogens (tertiary/aromatic N) is 4. The molecule has 1 saturated heterocycles. The SMILES string of the molecule is CC(NC(=O)CSc1nnc(-c2cccc(S(=O)(=O)N3CCCC3)c2)n1-c1ccccc1)c1ccccc1. The second-order valence-electron chi connectivity index (χ2n) is 9.10. The van der Waals surface area contributed by atoms with Crippen LogP contribution < -0.4 is 5.32 Å². The summed E-state index contributed by atoms with van der Waals surface area (Å²) in [6.07, 6.45) is 1.75. The maximum absolute atomic E-state index is 13.2. The Kier molecular flexibility index (Phi) is 7.92. The lowest BCUT2D eigenvalue weighted by molar-refractivity contribution is -0.119. The lowest BCUT2D eigenvalue weighted by atomic mass is 10.1. The van der Waals surface area contributed by atoms with Crippen LogP contribution in [0.5, 0.6) is 0 Å². The minimum absolute atomic E-state index is 0.116. The Morgan fingerprint density at radius 1 is 0.947 bits per heavy atom. The summed E-state index contributed by atoms with van der Waals surface area (Å²) in [7, 11) is -3.58. The third kappa shape index (κ3) is 5.67. The van der Waals surface area contributed by atoms with Crippen molar-refractivity contribution in [3.8, 4) is 17.1 Å². The summed E-state index contributed by atoms with van der Waals surface area (Å²) >= 11 is 1.28. The largest absolute Gasteiger partial charge is 0.349 e. The van der Waals surface area contributed by atoms with E-state index in [4.69, 9.17) is 0 Å². The van der Waals surface area contributed by atoms with Gasteiger partial charge < -0.3 is 5.32 Å². The number of benzene rings is 3. The van der Waals surface area contributed by atoms with Crippen LogP contribution in [0.2, 0.25) is 0 Å². The fraction of sp³-hybridized carbons (Fsp3) is 0.250. The number of carbonyl (C=O) groups excluding carboxylic acids is 1. The highest BCUT2D eigenvalue weighted by Crippen LogP contribution is 2.30. The molecule has 38 heavy (non-hydrogen) atoms. The van der Waals surface area contributed by atoms with Gasteiger partial charge in [-0.05, 0) is 49.6 Å². The van der Waals surface area contributed by atoms with Crippen molar-refractivity contribution >= 4 is 27.7 Å². The van der Waals surface area contributed by atoms with Gasteiger partial charge in [-0.1, -0.05) is 72.4 Å². The second kappa shape index (κ2) is 11.5. The number of rotatable bonds is 9. The van der Waals surface area contributed by atoms with Crippen molar-refractivity contribution in [3.63, 3.8) is 0 Å². The monoisotopic (exact) mass is 547 g/mol. The molecule has 1 aliphatic heterocycles. The molecule has 1 unspecified atom stereocenters. The minimum Gasteiger partial charge on any atom is -0.349 e. The molecule has 0 saturated carbocycles. The van der Waals surface area contributed by atoms with Crippen LogP contribution >= 0.6 is 11.8 Å². The summed E-state index contributed by atoms with van der Waals surface area (Å²) in [6, 6.07) is 26.1. The first-order valence-corrected chi connectivity index (χ1v) is 14.9. The molecule has 5 rings (SSSR count). The number of thioether (sulfide) groups is 1. The van der Waals surface area contributed by atoms with Gasteiger partial charge >= 0.3 is 0 Å². The number of para-hydroxylation sites is 1. The average molecular weight is 548 g/mol. The Balaban J connectivity index is 1.41. The Morgan fingerprint density at radius 2 is 1.63 bits per heavy atom. The van der Waals surface area contributed by atoms with Gasteiger partial charge in [-0.25, -0.2) is 8.42 Å². The van der Waals surface area contributed by atoms with Crippen LogP contribution in [0.25, 0.3) is 17.1 Å². The van der Waals surface area contributed by atoms with Gasteiger partial charge in [0.05, 0.1) is 16.7 Å². The van der Waals surface area contributed by atoms with E-state index in [9.17, 15) is 13.2 Å². The Morgan fingerprint density at radius 3 is 2.34 bits per heavy atom. The highest BCUT2D eigenvalue weighted by Gasteiger charge is 2.28. The van der Waals surface area contributed by atoms with E-state index in [2.05, 4.69) is 15.5 Å². The van der Waals surface area contributed by atoms with Crippen LogP contribution in [-0.4, -0.2) is 52.2 Å². The second-order valence-corrected chi connectivity index (χ2v) is 12.0. The topological polar surface area (TPSA) is 97.2 Å². The average Bonchev–Trinajstić information content (AvgIpc) is 3.64. The van der Waals surface area contributed by atoms with Crippen molar-refractivity contribution in [2.45, 2.75) is 35.9 Å². The predicted octanol–water partition coefficient (Wildman–Crippen LogP) is 4.69. The van der Waals surface area contributed by atoms with Crippen LogP contribution in [0.1, 0.15) is 31.4 Å². The molecule has 196 valence electrons. The summed E-state index contributed by atoms with van der Waals surface area (Å²) in [5.74, 6) is 0.551. The molecule has 10 heteroatoms. The molecule has 0 aliphatic carbocycles. The lowest BCUT2D eigenvalue weighted by Gasteiger charge is -2.16. The smallest absolute Gasteiger partial charge is 0.243 e. The molecular weight excluding hydrogens is 518 g/mol. The number of nitrogens with one attached hydrogen (secondary N) is 1. The van der Waals surface area contributed by atoms with Gasteiger partial charge in [0, 0.05) is 24.3 Å². The van der Waals surface area contributed by atoms with E-state index in [0.29, 0.717) is 29.6 Å². The van der Waals surface area contributed by atoms with Gasteiger partial charge in [-0.15, -0.1) is 10.2 Å². The molecule has 1 amide bonds. The normalized spacial score (nSPS) is 14.9. The van der Waals surface area contributed by atoms with Gasteiger partial charge in [-0.2, -0.15) is 4.31 Å². The Hall–Kier alpha value is -3.47. The zero-order valence-electron chi connectivity index (χ0n) is 21.0. The quantitative estimate of drug-likeness (QED) is 0.306. The summed E-state index contributed by atoms with van der Waals surface area (Å²) < 4.78 is 29.8. The number of hydrogen-bond donors (Lipinski definition) is 1. The Labute approximate surface area is 227 Å². The van der Waals surface area contributed by atoms with E-state index in [1.807, 2.05) is 78.2 Å². The number of carbonyl (C=O) groups is 1. The highest BCUT2D eigenvalue weighted by molar-refractivity contribution is 7.99. The molecule has 4 aromatic rings. The number of aromatic nitrogens is 3. The lowest BCUT2D eigenvalue weighted by Crippen LogP contribution is -2.28. The maximum atomic E-state index is 13.2. The molecule has 1 aliphatic rings. The molecule has 2 heterocycles. The van der Waals surface area contributed by atoms with E-state index in [1.165, 1.54) is 16.1 Å². The molecular formula is C28H29N5O3S2. The number of amides is 1. The maximum Gasteiger partial charge on any atom is 0.243 e. The highest BCUT2D eigenvalue weighted by atomic mass is 32.2. The van der Waals surface area contributed by atoms with Crippen LogP contribution in [0, 0.1) is 0 Å². The van der Waals surface area contributed by atoms with Gasteiger partial charge in [-0.3, -0.25) is 9.36 Å². The summed E-state index contributed by atoms with van der Waals surface area (Å²) in [6.45, 7) is 3.03. The minimum atomic E-state index is -3.58. The number of sulfonamides is 1. The van der Waals surface area contributed by atoms with E-state index >= 15 is 0 Å². The van der Waals surface area contributed by atoms with Crippen molar-refractivity contribution in [1.82, 2.24) is 24.4 Å². The summed E-state index contributed by atoms with van der Waals surface area (Å²) in [5, 5.41) is 12.4. The molecule has 1 fully saturated rings. The molecule has 3 aromatic carbocycles. The predicted molar refractivity (Wildman–Crippen MR) is 149 cm³/mol. The number of hydrogen-bond acceptors (Lipinski definition) is 6.